The summed E-state index contributed by atoms with van der Waals surface area (Å²) < 4.78 is 1.62. The van der Waals surface area contributed by atoms with Crippen LogP contribution in [-0.4, -0.2) is 22.2 Å². The maximum atomic E-state index is 12.0. The van der Waals surface area contributed by atoms with E-state index in [1.165, 1.54) is 11.3 Å². The number of amides is 1. The Morgan fingerprint density at radius 3 is 3.11 bits per heavy atom. The topological polar surface area (TPSA) is 72.9 Å². The molecule has 18 heavy (non-hydrogen) atoms. The van der Waals surface area contributed by atoms with Crippen LogP contribution in [0.2, 0.25) is 0 Å². The second kappa shape index (κ2) is 5.49. The van der Waals surface area contributed by atoms with Crippen molar-refractivity contribution < 1.29 is 4.79 Å². The third-order valence-corrected chi connectivity index (χ3v) is 3.06. The minimum Gasteiger partial charge on any atom is -0.320 e. The number of aryl methyl sites for hydroxylation is 1. The zero-order chi connectivity index (χ0) is 13.0. The van der Waals surface area contributed by atoms with Gasteiger partial charge in [-0.25, -0.2) is 0 Å². The summed E-state index contributed by atoms with van der Waals surface area (Å²) in [4.78, 5) is 12.6. The number of hydrogen-bond acceptors (Lipinski definition) is 4. The Hall–Kier alpha value is -2.10. The standard InChI is InChI=1S/C12H12N4OS/c1-16-7-4-10(15-16)14-12(17)11-9(3-2-6-13)5-8-18-11/h4-5,7-8H,6,13H2,1H3,(H,14,15,17). The van der Waals surface area contributed by atoms with E-state index in [-0.39, 0.29) is 12.5 Å². The summed E-state index contributed by atoms with van der Waals surface area (Å²) in [5.74, 6) is 5.93. The molecule has 2 aromatic heterocycles. The minimum absolute atomic E-state index is 0.204. The summed E-state index contributed by atoms with van der Waals surface area (Å²) in [5, 5.41) is 8.64. The van der Waals surface area contributed by atoms with Gasteiger partial charge in [-0.15, -0.1) is 11.3 Å². The Kier molecular flexibility index (Phi) is 3.77. The summed E-state index contributed by atoms with van der Waals surface area (Å²) in [7, 11) is 1.79. The first-order valence-corrected chi connectivity index (χ1v) is 6.16. The molecule has 2 aromatic rings. The lowest BCUT2D eigenvalue weighted by atomic mass is 10.2. The number of aromatic nitrogens is 2. The van der Waals surface area contributed by atoms with E-state index in [2.05, 4.69) is 22.3 Å². The van der Waals surface area contributed by atoms with Crippen LogP contribution in [0, 0.1) is 11.8 Å². The van der Waals surface area contributed by atoms with E-state index in [1.54, 1.807) is 30.1 Å². The Labute approximate surface area is 109 Å². The largest absolute Gasteiger partial charge is 0.320 e. The lowest BCUT2D eigenvalue weighted by Gasteiger charge is -1.99. The summed E-state index contributed by atoms with van der Waals surface area (Å²) in [5.41, 5.74) is 6.01. The van der Waals surface area contributed by atoms with Gasteiger partial charge in [0.15, 0.2) is 5.82 Å². The van der Waals surface area contributed by atoms with Crippen LogP contribution in [0.3, 0.4) is 0 Å². The van der Waals surface area contributed by atoms with Crippen LogP contribution in [-0.2, 0) is 7.05 Å². The minimum atomic E-state index is -0.204. The Balaban J connectivity index is 2.16. The number of nitrogens with zero attached hydrogens (tertiary/aromatic N) is 2. The molecule has 6 heteroatoms. The van der Waals surface area contributed by atoms with Crippen LogP contribution >= 0.6 is 11.3 Å². The van der Waals surface area contributed by atoms with Gasteiger partial charge in [0.2, 0.25) is 0 Å². The molecule has 3 N–H and O–H groups in total. The molecular formula is C12H12N4OS. The normalized spacial score (nSPS) is 9.67. The summed E-state index contributed by atoms with van der Waals surface area (Å²) in [6, 6.07) is 3.54. The zero-order valence-corrected chi connectivity index (χ0v) is 10.6. The fourth-order valence-corrected chi connectivity index (χ4v) is 2.13. The predicted molar refractivity (Wildman–Crippen MR) is 71.4 cm³/mol. The molecule has 0 aromatic carbocycles. The number of anilines is 1. The SMILES string of the molecule is Cn1ccc(NC(=O)c2sccc2C#CCN)n1. The molecule has 0 aliphatic heterocycles. The second-order valence-electron chi connectivity index (χ2n) is 3.50. The summed E-state index contributed by atoms with van der Waals surface area (Å²) in [6.07, 6.45) is 1.76. The highest BCUT2D eigenvalue weighted by molar-refractivity contribution is 7.12. The van der Waals surface area contributed by atoms with E-state index in [4.69, 9.17) is 5.73 Å². The highest BCUT2D eigenvalue weighted by Crippen LogP contribution is 2.17. The van der Waals surface area contributed by atoms with E-state index in [0.717, 1.165) is 0 Å². The number of thiophene rings is 1. The first-order chi connectivity index (χ1) is 8.70. The van der Waals surface area contributed by atoms with Crippen LogP contribution in [0.5, 0.6) is 0 Å². The van der Waals surface area contributed by atoms with Crippen molar-refractivity contribution in [2.75, 3.05) is 11.9 Å². The Bertz CT molecular complexity index is 617. The van der Waals surface area contributed by atoms with Gasteiger partial charge in [0.05, 0.1) is 6.54 Å². The van der Waals surface area contributed by atoms with Gasteiger partial charge < -0.3 is 11.1 Å². The van der Waals surface area contributed by atoms with Crippen molar-refractivity contribution >= 4 is 23.1 Å². The highest BCUT2D eigenvalue weighted by atomic mass is 32.1. The molecule has 0 fully saturated rings. The smallest absolute Gasteiger partial charge is 0.268 e. The van der Waals surface area contributed by atoms with Crippen LogP contribution in [0.25, 0.3) is 0 Å². The first-order valence-electron chi connectivity index (χ1n) is 5.28. The molecule has 0 saturated carbocycles. The molecule has 0 spiro atoms. The zero-order valence-electron chi connectivity index (χ0n) is 9.80. The van der Waals surface area contributed by atoms with E-state index >= 15 is 0 Å². The van der Waals surface area contributed by atoms with Crippen molar-refractivity contribution in [2.45, 2.75) is 0 Å². The van der Waals surface area contributed by atoms with Gasteiger partial charge in [0.25, 0.3) is 5.91 Å². The van der Waals surface area contributed by atoms with Crippen molar-refractivity contribution in [3.8, 4) is 11.8 Å². The number of carbonyl (C=O) groups is 1. The van der Waals surface area contributed by atoms with Crippen molar-refractivity contribution in [1.82, 2.24) is 9.78 Å². The number of carbonyl (C=O) groups excluding carboxylic acids is 1. The van der Waals surface area contributed by atoms with Gasteiger partial charge in [-0.2, -0.15) is 5.10 Å². The predicted octanol–water partition coefficient (Wildman–Crippen LogP) is 1.04. The van der Waals surface area contributed by atoms with Crippen molar-refractivity contribution in [1.29, 1.82) is 0 Å². The third kappa shape index (κ3) is 2.77. The van der Waals surface area contributed by atoms with Gasteiger partial charge >= 0.3 is 0 Å². The average molecular weight is 260 g/mol. The molecular weight excluding hydrogens is 248 g/mol. The lowest BCUT2D eigenvalue weighted by Crippen LogP contribution is -2.12. The Morgan fingerprint density at radius 2 is 2.44 bits per heavy atom. The van der Waals surface area contributed by atoms with Gasteiger partial charge in [0.1, 0.15) is 4.88 Å². The maximum Gasteiger partial charge on any atom is 0.268 e. The molecule has 0 unspecified atom stereocenters. The van der Waals surface area contributed by atoms with Crippen LogP contribution in [0.1, 0.15) is 15.2 Å². The van der Waals surface area contributed by atoms with Crippen molar-refractivity contribution in [2.24, 2.45) is 12.8 Å². The van der Waals surface area contributed by atoms with Crippen LogP contribution in [0.15, 0.2) is 23.7 Å². The number of nitrogens with two attached hydrogens (primary N) is 1. The molecule has 0 atom stereocenters. The molecule has 0 aliphatic rings. The first kappa shape index (κ1) is 12.4. The molecule has 2 heterocycles. The molecule has 0 saturated heterocycles. The Morgan fingerprint density at radius 1 is 1.61 bits per heavy atom. The molecule has 2 rings (SSSR count). The highest BCUT2D eigenvalue weighted by Gasteiger charge is 2.13. The monoisotopic (exact) mass is 260 g/mol. The van der Waals surface area contributed by atoms with E-state index in [0.29, 0.717) is 16.3 Å². The van der Waals surface area contributed by atoms with Crippen LogP contribution in [0.4, 0.5) is 5.82 Å². The number of rotatable bonds is 2. The molecule has 1 amide bonds. The fraction of sp³-hybridized carbons (Fsp3) is 0.167. The van der Waals surface area contributed by atoms with Gasteiger partial charge in [0, 0.05) is 24.9 Å². The van der Waals surface area contributed by atoms with Gasteiger partial charge in [-0.3, -0.25) is 9.48 Å². The summed E-state index contributed by atoms with van der Waals surface area (Å²) in [6.45, 7) is 0.275. The van der Waals surface area contributed by atoms with E-state index < -0.39 is 0 Å². The van der Waals surface area contributed by atoms with Gasteiger partial charge in [-0.1, -0.05) is 11.8 Å². The molecule has 0 radical (unpaired) electrons. The van der Waals surface area contributed by atoms with Crippen molar-refractivity contribution in [3.05, 3.63) is 34.2 Å². The molecule has 0 bridgehead atoms. The van der Waals surface area contributed by atoms with E-state index in [9.17, 15) is 4.79 Å². The molecule has 0 aliphatic carbocycles. The number of nitrogens with one attached hydrogen (secondary N) is 1. The van der Waals surface area contributed by atoms with Crippen LogP contribution < -0.4 is 11.1 Å². The molecule has 5 nitrogen and oxygen atoms in total. The van der Waals surface area contributed by atoms with E-state index in [1.807, 2.05) is 5.38 Å². The average Bonchev–Trinajstić information content (AvgIpc) is 2.95. The maximum absolute atomic E-state index is 12.0. The third-order valence-electron chi connectivity index (χ3n) is 2.15. The fourth-order valence-electron chi connectivity index (χ4n) is 1.38. The van der Waals surface area contributed by atoms with Crippen molar-refractivity contribution in [3.63, 3.8) is 0 Å². The molecule has 92 valence electrons. The lowest BCUT2D eigenvalue weighted by molar-refractivity contribution is 0.103. The quantitative estimate of drug-likeness (QED) is 0.793. The second-order valence-corrected chi connectivity index (χ2v) is 4.41. The summed E-state index contributed by atoms with van der Waals surface area (Å²) >= 11 is 1.34. The van der Waals surface area contributed by atoms with Gasteiger partial charge in [-0.05, 0) is 11.4 Å². The number of hydrogen-bond donors (Lipinski definition) is 2.